The van der Waals surface area contributed by atoms with Gasteiger partial charge >= 0.3 is 0 Å². The average molecular weight is 552 g/mol. The van der Waals surface area contributed by atoms with Crippen molar-refractivity contribution in [1.82, 2.24) is 14.5 Å². The number of carbonyl (C=O) groups excluding carboxylic acids is 2. The van der Waals surface area contributed by atoms with Crippen LogP contribution in [-0.4, -0.2) is 55.6 Å². The van der Waals surface area contributed by atoms with E-state index in [1.807, 2.05) is 30.3 Å². The number of hydrogen-bond donors (Lipinski definition) is 1. The van der Waals surface area contributed by atoms with E-state index in [9.17, 15) is 22.4 Å². The summed E-state index contributed by atoms with van der Waals surface area (Å²) in [6, 6.07) is 21.3. The number of amides is 2. The summed E-state index contributed by atoms with van der Waals surface area (Å²) < 4.78 is 40.7. The van der Waals surface area contributed by atoms with Gasteiger partial charge in [-0.3, -0.25) is 9.59 Å². The van der Waals surface area contributed by atoms with Crippen molar-refractivity contribution < 1.29 is 22.4 Å². The molecule has 0 spiro atoms. The van der Waals surface area contributed by atoms with Crippen LogP contribution in [0.2, 0.25) is 0 Å². The largest absolute Gasteiger partial charge is 0.357 e. The predicted octanol–water partition coefficient (Wildman–Crippen LogP) is 3.93. The number of benzene rings is 3. The third-order valence-corrected chi connectivity index (χ3v) is 8.95. The maximum Gasteiger partial charge on any atom is 0.243 e. The maximum absolute atomic E-state index is 13.6. The van der Waals surface area contributed by atoms with E-state index in [-0.39, 0.29) is 35.5 Å². The minimum atomic E-state index is -3.50. The molecule has 3 aromatic rings. The number of rotatable bonds is 11. The molecule has 2 amide bonds. The average Bonchev–Trinajstić information content (AvgIpc) is 3.51. The summed E-state index contributed by atoms with van der Waals surface area (Å²) in [6.07, 6.45) is 2.58. The van der Waals surface area contributed by atoms with Crippen molar-refractivity contribution in [3.63, 3.8) is 0 Å². The normalized spacial score (nSPS) is 14.6. The molecule has 7 nitrogen and oxygen atoms in total. The summed E-state index contributed by atoms with van der Waals surface area (Å²) in [4.78, 5) is 28.4. The van der Waals surface area contributed by atoms with Crippen molar-refractivity contribution in [2.24, 2.45) is 0 Å². The Balaban J connectivity index is 1.52. The lowest BCUT2D eigenvalue weighted by Crippen LogP contribution is -2.49. The fourth-order valence-electron chi connectivity index (χ4n) is 4.81. The molecule has 0 aromatic heterocycles. The van der Waals surface area contributed by atoms with E-state index in [0.717, 1.165) is 24.0 Å². The van der Waals surface area contributed by atoms with Crippen LogP contribution in [0.15, 0.2) is 83.8 Å². The molecule has 0 unspecified atom stereocenters. The lowest BCUT2D eigenvalue weighted by Gasteiger charge is -2.31. The Morgan fingerprint density at radius 2 is 1.51 bits per heavy atom. The zero-order chi connectivity index (χ0) is 27.8. The molecule has 4 rings (SSSR count). The van der Waals surface area contributed by atoms with Gasteiger partial charge in [0.05, 0.1) is 4.90 Å². The fourth-order valence-corrected chi connectivity index (χ4v) is 6.32. The van der Waals surface area contributed by atoms with Crippen LogP contribution in [0.25, 0.3) is 0 Å². The van der Waals surface area contributed by atoms with E-state index < -0.39 is 16.1 Å². The number of sulfonamides is 1. The summed E-state index contributed by atoms with van der Waals surface area (Å²) in [6.45, 7) is 1.23. The predicted molar refractivity (Wildman–Crippen MR) is 148 cm³/mol. The summed E-state index contributed by atoms with van der Waals surface area (Å²) in [7, 11) is -1.96. The number of likely N-dealkylation sites (N-methyl/N-ethyl adjacent to an activating group) is 1. The molecule has 0 radical (unpaired) electrons. The molecular weight excluding hydrogens is 517 g/mol. The lowest BCUT2D eigenvalue weighted by atomic mass is 10.0. The van der Waals surface area contributed by atoms with Crippen molar-refractivity contribution in [3.05, 3.63) is 101 Å². The highest BCUT2D eigenvalue weighted by Crippen LogP contribution is 2.22. The Bertz CT molecular complexity index is 1360. The molecule has 1 fully saturated rings. The van der Waals surface area contributed by atoms with Crippen molar-refractivity contribution in [2.75, 3.05) is 20.1 Å². The zero-order valence-electron chi connectivity index (χ0n) is 22.1. The van der Waals surface area contributed by atoms with Crippen LogP contribution in [-0.2, 0) is 39.0 Å². The second-order valence-electron chi connectivity index (χ2n) is 9.72. The smallest absolute Gasteiger partial charge is 0.243 e. The van der Waals surface area contributed by atoms with E-state index in [1.165, 1.54) is 16.4 Å². The molecule has 3 aromatic carbocycles. The third-order valence-electron chi connectivity index (χ3n) is 7.04. The van der Waals surface area contributed by atoms with E-state index in [2.05, 4.69) is 5.32 Å². The number of aryl methyl sites for hydroxylation is 1. The molecule has 0 saturated carbocycles. The first kappa shape index (κ1) is 28.4. The first-order valence-corrected chi connectivity index (χ1v) is 14.6. The van der Waals surface area contributed by atoms with Crippen LogP contribution >= 0.6 is 0 Å². The number of carbonyl (C=O) groups is 2. The zero-order valence-corrected chi connectivity index (χ0v) is 22.9. The van der Waals surface area contributed by atoms with Gasteiger partial charge in [-0.2, -0.15) is 4.31 Å². The molecule has 1 aliphatic rings. The van der Waals surface area contributed by atoms with Gasteiger partial charge in [-0.25, -0.2) is 12.8 Å². The Labute approximate surface area is 229 Å². The number of halogens is 1. The van der Waals surface area contributed by atoms with Gasteiger partial charge in [-0.15, -0.1) is 0 Å². The molecule has 1 saturated heterocycles. The quantitative estimate of drug-likeness (QED) is 0.391. The molecule has 1 heterocycles. The third kappa shape index (κ3) is 7.30. The second kappa shape index (κ2) is 13.0. The minimum Gasteiger partial charge on any atom is -0.357 e. The highest BCUT2D eigenvalue weighted by atomic mass is 32.2. The van der Waals surface area contributed by atoms with Crippen LogP contribution in [0.4, 0.5) is 4.39 Å². The first-order valence-electron chi connectivity index (χ1n) is 13.2. The Morgan fingerprint density at radius 3 is 2.13 bits per heavy atom. The summed E-state index contributed by atoms with van der Waals surface area (Å²) in [5.74, 6) is -0.887. The topological polar surface area (TPSA) is 86.8 Å². The van der Waals surface area contributed by atoms with E-state index >= 15 is 0 Å². The Hall–Kier alpha value is -3.56. The highest BCUT2D eigenvalue weighted by Gasteiger charge is 2.30. The van der Waals surface area contributed by atoms with Crippen LogP contribution in [0.1, 0.15) is 36.0 Å². The van der Waals surface area contributed by atoms with Gasteiger partial charge in [0.2, 0.25) is 21.8 Å². The van der Waals surface area contributed by atoms with Gasteiger partial charge < -0.3 is 10.2 Å². The molecule has 39 heavy (non-hydrogen) atoms. The lowest BCUT2D eigenvalue weighted by molar-refractivity contribution is -0.141. The van der Waals surface area contributed by atoms with E-state index in [0.29, 0.717) is 31.5 Å². The van der Waals surface area contributed by atoms with Crippen molar-refractivity contribution in [3.8, 4) is 0 Å². The monoisotopic (exact) mass is 551 g/mol. The summed E-state index contributed by atoms with van der Waals surface area (Å²) >= 11 is 0. The summed E-state index contributed by atoms with van der Waals surface area (Å²) in [5.41, 5.74) is 2.45. The molecular formula is C30H34FN3O4S. The van der Waals surface area contributed by atoms with Crippen LogP contribution in [0.5, 0.6) is 0 Å². The van der Waals surface area contributed by atoms with Crippen LogP contribution < -0.4 is 5.32 Å². The van der Waals surface area contributed by atoms with Crippen molar-refractivity contribution in [2.45, 2.75) is 49.6 Å². The molecule has 1 atom stereocenters. The Morgan fingerprint density at radius 1 is 0.897 bits per heavy atom. The number of hydrogen-bond acceptors (Lipinski definition) is 4. The van der Waals surface area contributed by atoms with Crippen molar-refractivity contribution >= 4 is 21.8 Å². The number of nitrogens with one attached hydrogen (secondary N) is 1. The van der Waals surface area contributed by atoms with Crippen LogP contribution in [0.3, 0.4) is 0 Å². The first-order chi connectivity index (χ1) is 18.8. The molecule has 0 aliphatic carbocycles. The van der Waals surface area contributed by atoms with E-state index in [1.54, 1.807) is 48.3 Å². The molecule has 0 bridgehead atoms. The molecule has 206 valence electrons. The SMILES string of the molecule is CNC(=O)[C@H](Cc1ccccc1)N(Cc1ccc(F)cc1)C(=O)CCc1ccc(S(=O)(=O)N2CCCC2)cc1. The van der Waals surface area contributed by atoms with Crippen LogP contribution in [0, 0.1) is 5.82 Å². The van der Waals surface area contributed by atoms with Gasteiger partial charge in [-0.1, -0.05) is 54.6 Å². The standard InChI is InChI=1S/C30H34FN3O4S/c1-32-30(36)28(21-24-7-3-2-4-8-24)34(22-25-9-14-26(31)15-10-25)29(35)18-13-23-11-16-27(17-12-23)39(37,38)33-19-5-6-20-33/h2-4,7-12,14-17,28H,5-6,13,18-22H2,1H3,(H,32,36)/t28-/m0/s1. The maximum atomic E-state index is 13.6. The molecule has 1 aliphatic heterocycles. The van der Waals surface area contributed by atoms with Gasteiger partial charge in [0.25, 0.3) is 0 Å². The van der Waals surface area contributed by atoms with E-state index in [4.69, 9.17) is 0 Å². The summed E-state index contributed by atoms with van der Waals surface area (Å²) in [5, 5.41) is 2.68. The second-order valence-corrected chi connectivity index (χ2v) is 11.7. The van der Waals surface area contributed by atoms with Gasteiger partial charge in [0, 0.05) is 39.5 Å². The van der Waals surface area contributed by atoms with Gasteiger partial charge in [0.1, 0.15) is 11.9 Å². The van der Waals surface area contributed by atoms with Gasteiger partial charge in [0.15, 0.2) is 0 Å². The number of nitrogens with zero attached hydrogens (tertiary/aromatic N) is 2. The van der Waals surface area contributed by atoms with Crippen molar-refractivity contribution in [1.29, 1.82) is 0 Å². The minimum absolute atomic E-state index is 0.127. The fraction of sp³-hybridized carbons (Fsp3) is 0.333. The molecule has 9 heteroatoms. The Kier molecular flexibility index (Phi) is 9.48. The molecule has 1 N–H and O–H groups in total. The van der Waals surface area contributed by atoms with Gasteiger partial charge in [-0.05, 0) is 60.2 Å². The highest BCUT2D eigenvalue weighted by molar-refractivity contribution is 7.89.